The fourth-order valence-corrected chi connectivity index (χ4v) is 2.55. The van der Waals surface area contributed by atoms with Crippen LogP contribution in [0.3, 0.4) is 0 Å². The normalized spacial score (nSPS) is 15.1. The maximum Gasteiger partial charge on any atom is 0.133 e. The molecular formula is C14H21N5. The van der Waals surface area contributed by atoms with Gasteiger partial charge in [-0.2, -0.15) is 0 Å². The van der Waals surface area contributed by atoms with Gasteiger partial charge in [0.2, 0.25) is 0 Å². The van der Waals surface area contributed by atoms with Crippen molar-refractivity contribution in [2.75, 3.05) is 5.73 Å². The smallest absolute Gasteiger partial charge is 0.133 e. The Labute approximate surface area is 113 Å². The van der Waals surface area contributed by atoms with Crippen LogP contribution in [0.15, 0.2) is 12.5 Å². The van der Waals surface area contributed by atoms with E-state index in [1.165, 1.54) is 18.7 Å². The maximum atomic E-state index is 6.33. The monoisotopic (exact) mass is 259 g/mol. The van der Waals surface area contributed by atoms with E-state index < -0.39 is 0 Å². The Hall–Kier alpha value is -1.78. The highest BCUT2D eigenvalue weighted by atomic mass is 15.2. The van der Waals surface area contributed by atoms with E-state index in [9.17, 15) is 0 Å². The van der Waals surface area contributed by atoms with Crippen molar-refractivity contribution in [2.45, 2.75) is 52.1 Å². The molecule has 102 valence electrons. The molecule has 2 aromatic rings. The number of rotatable bonds is 5. The number of imidazole rings is 2. The number of nitrogens with two attached hydrogens (primary N) is 1. The van der Waals surface area contributed by atoms with Gasteiger partial charge in [-0.25, -0.2) is 9.97 Å². The quantitative estimate of drug-likeness (QED) is 0.897. The lowest BCUT2D eigenvalue weighted by Gasteiger charge is -2.07. The Morgan fingerprint density at radius 1 is 1.37 bits per heavy atom. The number of aryl methyl sites for hydroxylation is 1. The van der Waals surface area contributed by atoms with Crippen LogP contribution in [-0.2, 0) is 13.1 Å². The van der Waals surface area contributed by atoms with Gasteiger partial charge in [0.05, 0.1) is 18.2 Å². The second kappa shape index (κ2) is 4.72. The van der Waals surface area contributed by atoms with Gasteiger partial charge >= 0.3 is 0 Å². The molecular weight excluding hydrogens is 238 g/mol. The molecule has 2 heterocycles. The van der Waals surface area contributed by atoms with Crippen LogP contribution in [0.25, 0.3) is 11.4 Å². The van der Waals surface area contributed by atoms with E-state index in [0.29, 0.717) is 5.92 Å². The summed E-state index contributed by atoms with van der Waals surface area (Å²) in [6.07, 6.45) is 7.26. The minimum atomic E-state index is 0.612. The largest absolute Gasteiger partial charge is 0.383 e. The summed E-state index contributed by atoms with van der Waals surface area (Å²) in [4.78, 5) is 9.03. The van der Waals surface area contributed by atoms with Crippen LogP contribution in [0.1, 0.15) is 44.9 Å². The Kier molecular flexibility index (Phi) is 3.05. The average Bonchev–Trinajstić information content (AvgIpc) is 3.06. The Morgan fingerprint density at radius 3 is 2.79 bits per heavy atom. The van der Waals surface area contributed by atoms with Gasteiger partial charge in [-0.1, -0.05) is 6.92 Å². The minimum absolute atomic E-state index is 0.612. The first-order valence-electron chi connectivity index (χ1n) is 7.12. The maximum absolute atomic E-state index is 6.33. The van der Waals surface area contributed by atoms with Crippen molar-refractivity contribution >= 4 is 5.82 Å². The predicted octanol–water partition coefficient (Wildman–Crippen LogP) is 2.64. The zero-order valence-electron chi connectivity index (χ0n) is 11.6. The highest BCUT2D eigenvalue weighted by Gasteiger charge is 2.31. The van der Waals surface area contributed by atoms with E-state index in [4.69, 9.17) is 10.7 Å². The molecule has 0 saturated heterocycles. The van der Waals surface area contributed by atoms with Crippen LogP contribution < -0.4 is 5.73 Å². The van der Waals surface area contributed by atoms with E-state index >= 15 is 0 Å². The van der Waals surface area contributed by atoms with Crippen LogP contribution in [-0.4, -0.2) is 19.1 Å². The number of hydrogen-bond donors (Lipinski definition) is 1. The minimum Gasteiger partial charge on any atom is -0.383 e. The van der Waals surface area contributed by atoms with Crippen LogP contribution in [0.2, 0.25) is 0 Å². The molecule has 19 heavy (non-hydrogen) atoms. The Bertz CT molecular complexity index is 577. The van der Waals surface area contributed by atoms with Gasteiger partial charge in [-0.3, -0.25) is 0 Å². The molecule has 0 unspecified atom stereocenters. The molecule has 2 aromatic heterocycles. The van der Waals surface area contributed by atoms with Crippen molar-refractivity contribution in [2.24, 2.45) is 0 Å². The van der Waals surface area contributed by atoms with Gasteiger partial charge in [0.15, 0.2) is 0 Å². The molecule has 5 heteroatoms. The lowest BCUT2D eigenvalue weighted by molar-refractivity contribution is 0.646. The molecule has 5 nitrogen and oxygen atoms in total. The SMILES string of the molecule is CCCn1c(C2CC2)nc(-c2cncn2CC)c1N. The van der Waals surface area contributed by atoms with Gasteiger partial charge < -0.3 is 14.9 Å². The highest BCUT2D eigenvalue weighted by molar-refractivity contribution is 5.68. The lowest BCUT2D eigenvalue weighted by Crippen LogP contribution is -2.06. The third kappa shape index (κ3) is 2.03. The van der Waals surface area contributed by atoms with Gasteiger partial charge in [0.25, 0.3) is 0 Å². The first-order valence-corrected chi connectivity index (χ1v) is 7.12. The third-order valence-corrected chi connectivity index (χ3v) is 3.72. The molecule has 3 rings (SSSR count). The molecule has 2 N–H and O–H groups in total. The molecule has 0 spiro atoms. The summed E-state index contributed by atoms with van der Waals surface area (Å²) in [7, 11) is 0. The summed E-state index contributed by atoms with van der Waals surface area (Å²) in [5.41, 5.74) is 8.25. The topological polar surface area (TPSA) is 61.7 Å². The molecule has 0 aromatic carbocycles. The second-order valence-electron chi connectivity index (χ2n) is 5.19. The first-order chi connectivity index (χ1) is 9.26. The molecule has 1 aliphatic rings. The zero-order valence-corrected chi connectivity index (χ0v) is 11.6. The van der Waals surface area contributed by atoms with E-state index in [1.54, 1.807) is 0 Å². The van der Waals surface area contributed by atoms with E-state index in [2.05, 4.69) is 28.0 Å². The van der Waals surface area contributed by atoms with E-state index in [1.807, 2.05) is 12.5 Å². The number of nitrogen functional groups attached to an aromatic ring is 1. The van der Waals surface area contributed by atoms with Crippen molar-refractivity contribution in [3.05, 3.63) is 18.3 Å². The van der Waals surface area contributed by atoms with Gasteiger partial charge in [0.1, 0.15) is 17.3 Å². The summed E-state index contributed by atoms with van der Waals surface area (Å²) in [6.45, 7) is 6.11. The first kappa shape index (κ1) is 12.3. The fourth-order valence-electron chi connectivity index (χ4n) is 2.55. The summed E-state index contributed by atoms with van der Waals surface area (Å²) < 4.78 is 4.28. The van der Waals surface area contributed by atoms with Crippen molar-refractivity contribution < 1.29 is 0 Å². The molecule has 1 aliphatic carbocycles. The van der Waals surface area contributed by atoms with Crippen LogP contribution in [0.4, 0.5) is 5.82 Å². The number of anilines is 1. The lowest BCUT2D eigenvalue weighted by atomic mass is 10.3. The van der Waals surface area contributed by atoms with Crippen LogP contribution in [0, 0.1) is 0 Å². The van der Waals surface area contributed by atoms with Crippen molar-refractivity contribution in [3.8, 4) is 11.4 Å². The Morgan fingerprint density at radius 2 is 2.16 bits per heavy atom. The highest BCUT2D eigenvalue weighted by Crippen LogP contribution is 2.42. The van der Waals surface area contributed by atoms with Gasteiger partial charge in [0, 0.05) is 19.0 Å². The predicted molar refractivity (Wildman–Crippen MR) is 75.8 cm³/mol. The molecule has 0 bridgehead atoms. The summed E-state index contributed by atoms with van der Waals surface area (Å²) >= 11 is 0. The molecule has 0 radical (unpaired) electrons. The van der Waals surface area contributed by atoms with Crippen molar-refractivity contribution in [1.82, 2.24) is 19.1 Å². The van der Waals surface area contributed by atoms with Crippen molar-refractivity contribution in [3.63, 3.8) is 0 Å². The molecule has 0 aliphatic heterocycles. The number of nitrogens with zero attached hydrogens (tertiary/aromatic N) is 4. The zero-order chi connectivity index (χ0) is 13.4. The molecule has 1 fully saturated rings. The average molecular weight is 259 g/mol. The Balaban J connectivity index is 2.09. The summed E-state index contributed by atoms with van der Waals surface area (Å²) in [5.74, 6) is 2.57. The number of hydrogen-bond acceptors (Lipinski definition) is 3. The van der Waals surface area contributed by atoms with Crippen molar-refractivity contribution in [1.29, 1.82) is 0 Å². The third-order valence-electron chi connectivity index (χ3n) is 3.72. The number of aromatic nitrogens is 4. The van der Waals surface area contributed by atoms with E-state index in [0.717, 1.165) is 36.7 Å². The van der Waals surface area contributed by atoms with E-state index in [-0.39, 0.29) is 0 Å². The summed E-state index contributed by atoms with van der Waals surface area (Å²) in [5, 5.41) is 0. The fraction of sp³-hybridized carbons (Fsp3) is 0.571. The van der Waals surface area contributed by atoms with Crippen LogP contribution >= 0.6 is 0 Å². The molecule has 0 atom stereocenters. The summed E-state index contributed by atoms with van der Waals surface area (Å²) in [6, 6.07) is 0. The van der Waals surface area contributed by atoms with Gasteiger partial charge in [-0.05, 0) is 26.2 Å². The van der Waals surface area contributed by atoms with Crippen LogP contribution in [0.5, 0.6) is 0 Å². The molecule has 0 amide bonds. The van der Waals surface area contributed by atoms with Gasteiger partial charge in [-0.15, -0.1) is 0 Å². The molecule has 1 saturated carbocycles. The second-order valence-corrected chi connectivity index (χ2v) is 5.19. The standard InChI is InChI=1S/C14H21N5/c1-3-7-19-13(15)12(17-14(19)10-5-6-10)11-8-16-9-18(11)4-2/h8-10H,3-7,15H2,1-2H3.